The summed E-state index contributed by atoms with van der Waals surface area (Å²) in [5, 5.41) is 0. The van der Waals surface area contributed by atoms with Crippen molar-refractivity contribution in [2.24, 2.45) is 5.92 Å². The molecular weight excluding hydrogens is 250 g/mol. The van der Waals surface area contributed by atoms with E-state index in [-0.39, 0.29) is 5.92 Å². The van der Waals surface area contributed by atoms with Gasteiger partial charge in [-0.25, -0.2) is 0 Å². The van der Waals surface area contributed by atoms with Gasteiger partial charge in [-0.2, -0.15) is 0 Å². The number of fused-ring (bicyclic) bond motifs is 3. The van der Waals surface area contributed by atoms with Crippen molar-refractivity contribution >= 4 is 5.91 Å². The van der Waals surface area contributed by atoms with E-state index in [2.05, 4.69) is 5.92 Å². The van der Waals surface area contributed by atoms with E-state index < -0.39 is 0 Å². The number of terminal acetylenes is 1. The summed E-state index contributed by atoms with van der Waals surface area (Å²) in [6.07, 6.45) is 9.79. The zero-order chi connectivity index (χ0) is 13.9. The largest absolute Gasteiger partial charge is 0.492 e. The Morgan fingerprint density at radius 1 is 1.20 bits per heavy atom. The van der Waals surface area contributed by atoms with Crippen LogP contribution in [0.25, 0.3) is 0 Å². The molecule has 0 unspecified atom stereocenters. The number of nitrogens with zero attached hydrogens (tertiary/aromatic N) is 1. The Bertz CT molecular complexity index is 521. The molecule has 2 aliphatic heterocycles. The van der Waals surface area contributed by atoms with E-state index in [1.807, 2.05) is 29.2 Å². The van der Waals surface area contributed by atoms with Gasteiger partial charge in [0.25, 0.3) is 0 Å². The van der Waals surface area contributed by atoms with Crippen LogP contribution in [-0.4, -0.2) is 30.0 Å². The fourth-order valence-corrected chi connectivity index (χ4v) is 3.25. The fourth-order valence-electron chi connectivity index (χ4n) is 3.25. The minimum atomic E-state index is 0.273. The van der Waals surface area contributed by atoms with E-state index in [9.17, 15) is 4.79 Å². The van der Waals surface area contributed by atoms with Crippen molar-refractivity contribution in [2.45, 2.75) is 31.7 Å². The first-order valence-corrected chi connectivity index (χ1v) is 7.28. The summed E-state index contributed by atoms with van der Waals surface area (Å²) in [6, 6.07) is 7.92. The smallest absolute Gasteiger partial charge is 0.226 e. The second-order valence-corrected chi connectivity index (χ2v) is 5.55. The zero-order valence-electron chi connectivity index (χ0n) is 11.5. The summed E-state index contributed by atoms with van der Waals surface area (Å²) >= 11 is 0. The van der Waals surface area contributed by atoms with Gasteiger partial charge >= 0.3 is 0 Å². The van der Waals surface area contributed by atoms with Crippen LogP contribution in [0, 0.1) is 18.3 Å². The molecule has 4 rings (SSSR count). The molecule has 1 amide bonds. The van der Waals surface area contributed by atoms with Crippen LogP contribution >= 0.6 is 0 Å². The molecule has 0 aromatic heterocycles. The summed E-state index contributed by atoms with van der Waals surface area (Å²) in [7, 11) is 0. The van der Waals surface area contributed by atoms with Gasteiger partial charge in [-0.3, -0.25) is 4.79 Å². The van der Waals surface area contributed by atoms with Gasteiger partial charge in [0.1, 0.15) is 12.4 Å². The van der Waals surface area contributed by atoms with Gasteiger partial charge in [0.05, 0.1) is 6.54 Å². The van der Waals surface area contributed by atoms with Crippen LogP contribution in [-0.2, 0) is 4.79 Å². The van der Waals surface area contributed by atoms with Crippen LogP contribution < -0.4 is 4.74 Å². The normalized spacial score (nSPS) is 24.6. The number of carbonyl (C=O) groups excluding carboxylic acids is 1. The van der Waals surface area contributed by atoms with Gasteiger partial charge < -0.3 is 9.64 Å². The van der Waals surface area contributed by atoms with Gasteiger partial charge in [-0.05, 0) is 49.9 Å². The molecule has 1 aromatic carbocycles. The molecule has 1 saturated carbocycles. The average molecular weight is 269 g/mol. The molecule has 3 aliphatic rings. The minimum absolute atomic E-state index is 0.273. The zero-order valence-corrected chi connectivity index (χ0v) is 11.5. The highest BCUT2D eigenvalue weighted by molar-refractivity contribution is 5.80. The van der Waals surface area contributed by atoms with Crippen LogP contribution in [0.3, 0.4) is 0 Å². The molecule has 2 saturated heterocycles. The van der Waals surface area contributed by atoms with Crippen molar-refractivity contribution in [1.82, 2.24) is 4.90 Å². The molecule has 20 heavy (non-hydrogen) atoms. The van der Waals surface area contributed by atoms with Crippen LogP contribution in [0.5, 0.6) is 5.75 Å². The van der Waals surface area contributed by atoms with Crippen molar-refractivity contribution in [3.63, 3.8) is 0 Å². The Kier molecular flexibility index (Phi) is 3.64. The van der Waals surface area contributed by atoms with Crippen LogP contribution in [0.4, 0.5) is 0 Å². The third-order valence-electron chi connectivity index (χ3n) is 4.39. The lowest BCUT2D eigenvalue weighted by molar-refractivity contribution is -0.147. The number of hydrogen-bond acceptors (Lipinski definition) is 2. The van der Waals surface area contributed by atoms with E-state index in [4.69, 9.17) is 11.2 Å². The highest BCUT2D eigenvalue weighted by atomic mass is 16.5. The molecule has 3 fully saturated rings. The standard InChI is InChI=1S/C17H19NO2/c1-2-13-3-9-16(10-4-13)20-12-11-18-15-7-5-14(6-8-15)17(18)19/h1,3-4,9-10,14-15H,5-8,11-12H2. The maximum Gasteiger partial charge on any atom is 0.226 e. The summed E-state index contributed by atoms with van der Waals surface area (Å²) in [5.74, 6) is 3.99. The number of piperidine rings is 2. The lowest BCUT2D eigenvalue weighted by Crippen LogP contribution is -2.53. The molecule has 2 bridgehead atoms. The predicted octanol–water partition coefficient (Wildman–Crippen LogP) is 2.45. The highest BCUT2D eigenvalue weighted by Gasteiger charge is 2.39. The second kappa shape index (κ2) is 5.58. The van der Waals surface area contributed by atoms with Crippen LogP contribution in [0.2, 0.25) is 0 Å². The lowest BCUT2D eigenvalue weighted by Gasteiger charge is -2.44. The van der Waals surface area contributed by atoms with Crippen LogP contribution in [0.1, 0.15) is 31.2 Å². The Hall–Kier alpha value is -1.95. The first-order valence-electron chi connectivity index (χ1n) is 7.28. The van der Waals surface area contributed by atoms with E-state index in [0.717, 1.165) is 37.0 Å². The molecule has 3 nitrogen and oxygen atoms in total. The molecule has 0 radical (unpaired) electrons. The molecule has 0 atom stereocenters. The second-order valence-electron chi connectivity index (χ2n) is 5.55. The highest BCUT2D eigenvalue weighted by Crippen LogP contribution is 2.35. The lowest BCUT2D eigenvalue weighted by atomic mass is 9.79. The number of ether oxygens (including phenoxy) is 1. The summed E-state index contributed by atoms with van der Waals surface area (Å²) in [6.45, 7) is 1.24. The van der Waals surface area contributed by atoms with Gasteiger partial charge in [0.15, 0.2) is 0 Å². The molecule has 3 heteroatoms. The van der Waals surface area contributed by atoms with E-state index in [1.165, 1.54) is 0 Å². The van der Waals surface area contributed by atoms with E-state index in [1.54, 1.807) is 0 Å². The Labute approximate surface area is 119 Å². The van der Waals surface area contributed by atoms with Crippen molar-refractivity contribution in [3.8, 4) is 18.1 Å². The fraction of sp³-hybridized carbons (Fsp3) is 0.471. The van der Waals surface area contributed by atoms with Gasteiger partial charge in [-0.15, -0.1) is 6.42 Å². The monoisotopic (exact) mass is 269 g/mol. The van der Waals surface area contributed by atoms with E-state index in [0.29, 0.717) is 25.1 Å². The average Bonchev–Trinajstić information content (AvgIpc) is 2.51. The van der Waals surface area contributed by atoms with Gasteiger partial charge in [0, 0.05) is 17.5 Å². The number of rotatable bonds is 4. The number of amides is 1. The van der Waals surface area contributed by atoms with Crippen molar-refractivity contribution in [1.29, 1.82) is 0 Å². The quantitative estimate of drug-likeness (QED) is 0.786. The van der Waals surface area contributed by atoms with Gasteiger partial charge in [0.2, 0.25) is 5.91 Å². The molecule has 0 spiro atoms. The molecule has 2 heterocycles. The minimum Gasteiger partial charge on any atom is -0.492 e. The number of benzene rings is 1. The Balaban J connectivity index is 1.52. The van der Waals surface area contributed by atoms with Crippen molar-refractivity contribution < 1.29 is 9.53 Å². The maximum atomic E-state index is 12.2. The molecule has 0 N–H and O–H groups in total. The molecule has 1 aromatic rings. The first kappa shape index (κ1) is 13.1. The molecular formula is C17H19NO2. The number of carbonyl (C=O) groups is 1. The summed E-state index contributed by atoms with van der Waals surface area (Å²) < 4.78 is 5.70. The SMILES string of the molecule is C#Cc1ccc(OCCN2C(=O)C3CCC2CC3)cc1. The maximum absolute atomic E-state index is 12.2. The topological polar surface area (TPSA) is 29.5 Å². The first-order chi connectivity index (χ1) is 9.78. The molecule has 1 aliphatic carbocycles. The predicted molar refractivity (Wildman–Crippen MR) is 77.3 cm³/mol. The summed E-state index contributed by atoms with van der Waals surface area (Å²) in [4.78, 5) is 14.2. The third kappa shape index (κ3) is 2.51. The van der Waals surface area contributed by atoms with Crippen LogP contribution in [0.15, 0.2) is 24.3 Å². The summed E-state index contributed by atoms with van der Waals surface area (Å²) in [5.41, 5.74) is 0.848. The van der Waals surface area contributed by atoms with Gasteiger partial charge in [-0.1, -0.05) is 5.92 Å². The number of hydrogen-bond donors (Lipinski definition) is 0. The Morgan fingerprint density at radius 3 is 2.50 bits per heavy atom. The van der Waals surface area contributed by atoms with Crippen molar-refractivity contribution in [3.05, 3.63) is 29.8 Å². The van der Waals surface area contributed by atoms with Crippen molar-refractivity contribution in [2.75, 3.05) is 13.2 Å². The third-order valence-corrected chi connectivity index (χ3v) is 4.39. The molecule has 104 valence electrons. The van der Waals surface area contributed by atoms with E-state index >= 15 is 0 Å². The Morgan fingerprint density at radius 2 is 1.90 bits per heavy atom.